The molecule has 0 unspecified atom stereocenters. The molecular formula is C14H14ClNO2. The summed E-state index contributed by atoms with van der Waals surface area (Å²) in [4.78, 5) is 11.5. The van der Waals surface area contributed by atoms with Crippen LogP contribution in [0.15, 0.2) is 30.3 Å². The molecule has 0 aliphatic rings. The molecule has 0 heterocycles. The minimum atomic E-state index is -0.514. The van der Waals surface area contributed by atoms with E-state index in [1.165, 1.54) is 6.08 Å². The average molecular weight is 264 g/mol. The van der Waals surface area contributed by atoms with Gasteiger partial charge >= 0.3 is 5.97 Å². The molecule has 0 saturated heterocycles. The van der Waals surface area contributed by atoms with E-state index < -0.39 is 5.97 Å². The maximum atomic E-state index is 11.5. The molecule has 1 aromatic carbocycles. The maximum absolute atomic E-state index is 11.5. The SMILES string of the molecule is CC(C)COC(=O)C=C(C#N)c1cccc(Cl)c1. The summed E-state index contributed by atoms with van der Waals surface area (Å²) in [5, 5.41) is 9.55. The van der Waals surface area contributed by atoms with Gasteiger partial charge in [0.05, 0.1) is 12.2 Å². The van der Waals surface area contributed by atoms with Crippen LogP contribution in [-0.4, -0.2) is 12.6 Å². The molecule has 1 rings (SSSR count). The molecule has 0 N–H and O–H groups in total. The smallest absolute Gasteiger partial charge is 0.332 e. The lowest BCUT2D eigenvalue weighted by Gasteiger charge is -2.05. The number of rotatable bonds is 4. The van der Waals surface area contributed by atoms with Crippen molar-refractivity contribution >= 4 is 23.1 Å². The Morgan fingerprint density at radius 3 is 2.83 bits per heavy atom. The lowest BCUT2D eigenvalue weighted by atomic mass is 10.1. The third-order valence-electron chi connectivity index (χ3n) is 2.08. The molecule has 4 heteroatoms. The zero-order chi connectivity index (χ0) is 13.5. The van der Waals surface area contributed by atoms with Gasteiger partial charge in [0.25, 0.3) is 0 Å². The van der Waals surface area contributed by atoms with E-state index in [-0.39, 0.29) is 11.5 Å². The fraction of sp³-hybridized carbons (Fsp3) is 0.286. The van der Waals surface area contributed by atoms with Crippen molar-refractivity contribution in [2.45, 2.75) is 13.8 Å². The molecule has 0 aliphatic carbocycles. The summed E-state index contributed by atoms with van der Waals surface area (Å²) >= 11 is 5.83. The van der Waals surface area contributed by atoms with E-state index in [4.69, 9.17) is 21.6 Å². The molecule has 3 nitrogen and oxygen atoms in total. The molecule has 18 heavy (non-hydrogen) atoms. The Labute approximate surface area is 112 Å². The van der Waals surface area contributed by atoms with Crippen LogP contribution in [0, 0.1) is 17.2 Å². The van der Waals surface area contributed by atoms with Gasteiger partial charge in [0, 0.05) is 11.1 Å². The standard InChI is InChI=1S/C14H14ClNO2/c1-10(2)9-18-14(17)7-12(8-16)11-4-3-5-13(15)6-11/h3-7,10H,9H2,1-2H3. The number of hydrogen-bond acceptors (Lipinski definition) is 3. The van der Waals surface area contributed by atoms with Gasteiger partial charge in [-0.2, -0.15) is 5.26 Å². The van der Waals surface area contributed by atoms with Gasteiger partial charge < -0.3 is 4.74 Å². The number of benzene rings is 1. The van der Waals surface area contributed by atoms with Crippen LogP contribution in [0.2, 0.25) is 5.02 Å². The van der Waals surface area contributed by atoms with Crippen molar-refractivity contribution in [3.8, 4) is 6.07 Å². The fourth-order valence-electron chi connectivity index (χ4n) is 1.24. The third-order valence-corrected chi connectivity index (χ3v) is 2.31. The molecule has 0 aliphatic heterocycles. The maximum Gasteiger partial charge on any atom is 0.332 e. The number of hydrogen-bond donors (Lipinski definition) is 0. The van der Waals surface area contributed by atoms with E-state index in [1.807, 2.05) is 19.9 Å². The van der Waals surface area contributed by atoms with Gasteiger partial charge in [0.2, 0.25) is 0 Å². The predicted octanol–water partition coefficient (Wildman–Crippen LogP) is 3.45. The van der Waals surface area contributed by atoms with Gasteiger partial charge in [-0.3, -0.25) is 0 Å². The van der Waals surface area contributed by atoms with Crippen molar-refractivity contribution in [2.24, 2.45) is 5.92 Å². The normalized spacial score (nSPS) is 11.2. The lowest BCUT2D eigenvalue weighted by Crippen LogP contribution is -2.07. The van der Waals surface area contributed by atoms with Crippen molar-refractivity contribution < 1.29 is 9.53 Å². The number of carbonyl (C=O) groups is 1. The van der Waals surface area contributed by atoms with Gasteiger partial charge in [-0.15, -0.1) is 0 Å². The van der Waals surface area contributed by atoms with Crippen LogP contribution < -0.4 is 0 Å². The van der Waals surface area contributed by atoms with Crippen LogP contribution >= 0.6 is 11.6 Å². The number of halogens is 1. The fourth-order valence-corrected chi connectivity index (χ4v) is 1.43. The molecule has 0 radical (unpaired) electrons. The van der Waals surface area contributed by atoms with Crippen molar-refractivity contribution in [2.75, 3.05) is 6.61 Å². The van der Waals surface area contributed by atoms with Crippen LogP contribution in [0.3, 0.4) is 0 Å². The Kier molecular flexibility index (Phi) is 5.41. The van der Waals surface area contributed by atoms with Gasteiger partial charge in [-0.1, -0.05) is 37.6 Å². The Hall–Kier alpha value is -1.79. The molecule has 0 spiro atoms. The summed E-state index contributed by atoms with van der Waals surface area (Å²) in [6.45, 7) is 4.22. The van der Waals surface area contributed by atoms with Crippen LogP contribution in [0.5, 0.6) is 0 Å². The summed E-state index contributed by atoms with van der Waals surface area (Å²) < 4.78 is 4.99. The molecule has 94 valence electrons. The van der Waals surface area contributed by atoms with E-state index in [1.54, 1.807) is 24.3 Å². The summed E-state index contributed by atoms with van der Waals surface area (Å²) in [5.74, 6) is -0.251. The van der Waals surface area contributed by atoms with E-state index in [0.29, 0.717) is 17.2 Å². The molecule has 1 aromatic rings. The van der Waals surface area contributed by atoms with E-state index in [2.05, 4.69) is 0 Å². The van der Waals surface area contributed by atoms with E-state index >= 15 is 0 Å². The van der Waals surface area contributed by atoms with Crippen molar-refractivity contribution in [1.29, 1.82) is 5.26 Å². The van der Waals surface area contributed by atoms with Crippen LogP contribution in [-0.2, 0) is 9.53 Å². The number of esters is 1. The van der Waals surface area contributed by atoms with Crippen LogP contribution in [0.1, 0.15) is 19.4 Å². The number of nitrogens with zero attached hydrogens (tertiary/aromatic N) is 1. The quantitative estimate of drug-likeness (QED) is 0.475. The van der Waals surface area contributed by atoms with Gasteiger partial charge in [-0.05, 0) is 23.6 Å². The Bertz CT molecular complexity index is 501. The van der Waals surface area contributed by atoms with Crippen molar-refractivity contribution in [3.63, 3.8) is 0 Å². The second kappa shape index (κ2) is 6.83. The van der Waals surface area contributed by atoms with Crippen LogP contribution in [0.4, 0.5) is 0 Å². The van der Waals surface area contributed by atoms with Gasteiger partial charge in [-0.25, -0.2) is 4.79 Å². The summed E-state index contributed by atoms with van der Waals surface area (Å²) in [6.07, 6.45) is 1.19. The highest BCUT2D eigenvalue weighted by atomic mass is 35.5. The third kappa shape index (κ3) is 4.60. The monoisotopic (exact) mass is 263 g/mol. The molecule has 0 aromatic heterocycles. The topological polar surface area (TPSA) is 50.1 Å². The molecule has 0 saturated carbocycles. The van der Waals surface area contributed by atoms with Crippen molar-refractivity contribution in [1.82, 2.24) is 0 Å². The van der Waals surface area contributed by atoms with E-state index in [9.17, 15) is 4.79 Å². The Morgan fingerprint density at radius 1 is 1.56 bits per heavy atom. The minimum Gasteiger partial charge on any atom is -0.462 e. The second-order valence-electron chi connectivity index (χ2n) is 4.20. The lowest BCUT2D eigenvalue weighted by molar-refractivity contribution is -0.138. The largest absolute Gasteiger partial charge is 0.462 e. The zero-order valence-electron chi connectivity index (χ0n) is 10.3. The van der Waals surface area contributed by atoms with Crippen molar-refractivity contribution in [3.05, 3.63) is 40.9 Å². The Balaban J connectivity index is 2.84. The number of carbonyl (C=O) groups excluding carboxylic acids is 1. The van der Waals surface area contributed by atoms with Crippen LogP contribution in [0.25, 0.3) is 5.57 Å². The Morgan fingerprint density at radius 2 is 2.28 bits per heavy atom. The molecule has 0 amide bonds. The minimum absolute atomic E-state index is 0.242. The second-order valence-corrected chi connectivity index (χ2v) is 4.64. The first-order valence-corrected chi connectivity index (χ1v) is 5.95. The first kappa shape index (κ1) is 14.3. The summed E-state index contributed by atoms with van der Waals surface area (Å²) in [5.41, 5.74) is 0.845. The highest BCUT2D eigenvalue weighted by Gasteiger charge is 2.06. The number of ether oxygens (including phenoxy) is 1. The number of nitriles is 1. The summed E-state index contributed by atoms with van der Waals surface area (Å²) in [6, 6.07) is 8.75. The average Bonchev–Trinajstić information content (AvgIpc) is 2.33. The molecular weight excluding hydrogens is 250 g/mol. The van der Waals surface area contributed by atoms with E-state index in [0.717, 1.165) is 0 Å². The zero-order valence-corrected chi connectivity index (χ0v) is 11.1. The van der Waals surface area contributed by atoms with Gasteiger partial charge in [0.1, 0.15) is 6.07 Å². The first-order valence-electron chi connectivity index (χ1n) is 5.57. The molecule has 0 fully saturated rings. The number of allylic oxidation sites excluding steroid dienone is 1. The molecule has 0 bridgehead atoms. The van der Waals surface area contributed by atoms with Gasteiger partial charge in [0.15, 0.2) is 0 Å². The predicted molar refractivity (Wildman–Crippen MR) is 70.8 cm³/mol. The highest BCUT2D eigenvalue weighted by Crippen LogP contribution is 2.18. The molecule has 0 atom stereocenters. The highest BCUT2D eigenvalue weighted by molar-refractivity contribution is 6.30. The summed E-state index contributed by atoms with van der Waals surface area (Å²) in [7, 11) is 0. The first-order chi connectivity index (χ1) is 8.52.